The van der Waals surface area contributed by atoms with Gasteiger partial charge in [-0.05, 0) is 0 Å². The minimum atomic E-state index is -3.40. The maximum atomic E-state index is 9.50. The summed E-state index contributed by atoms with van der Waals surface area (Å²) in [7, 11) is -0.547. The van der Waals surface area contributed by atoms with E-state index in [1.165, 1.54) is 20.9 Å². The molecule has 0 aliphatic rings. The van der Waals surface area contributed by atoms with Crippen molar-refractivity contribution in [2.45, 2.75) is 25.3 Å². The van der Waals surface area contributed by atoms with E-state index < -0.39 is 13.2 Å². The van der Waals surface area contributed by atoms with Gasteiger partial charge in [0.15, 0.2) is 0 Å². The summed E-state index contributed by atoms with van der Waals surface area (Å²) in [6.45, 7) is 3.32. The van der Waals surface area contributed by atoms with Crippen molar-refractivity contribution in [3.8, 4) is 0 Å². The number of ether oxygens (including phenoxy) is 2. The third-order valence-corrected chi connectivity index (χ3v) is 4.06. The zero-order valence-electron chi connectivity index (χ0n) is 8.13. The molecule has 0 aromatic carbocycles. The molecule has 12 heavy (non-hydrogen) atoms. The summed E-state index contributed by atoms with van der Waals surface area (Å²) in [4.78, 5) is 19.0. The molecule has 4 nitrogen and oxygen atoms in total. The molecule has 0 radical (unpaired) electrons. The van der Waals surface area contributed by atoms with E-state index in [1.807, 2.05) is 6.92 Å². The summed E-state index contributed by atoms with van der Waals surface area (Å²) in [5, 5.41) is 0. The van der Waals surface area contributed by atoms with E-state index in [2.05, 4.69) is 0 Å². The molecule has 0 aliphatic carbocycles. The first kappa shape index (κ1) is 12.3. The van der Waals surface area contributed by atoms with Crippen molar-refractivity contribution in [3.05, 3.63) is 0 Å². The van der Waals surface area contributed by atoms with Gasteiger partial charge in [0.05, 0.1) is 0 Å². The van der Waals surface area contributed by atoms with Gasteiger partial charge < -0.3 is 0 Å². The Bertz CT molecular complexity index is 128. The molecule has 0 spiro atoms. The second-order valence-corrected chi connectivity index (χ2v) is 5.74. The Morgan fingerprint density at radius 2 is 1.67 bits per heavy atom. The van der Waals surface area contributed by atoms with Gasteiger partial charge in [-0.2, -0.15) is 0 Å². The molecule has 0 saturated carbocycles. The molecule has 0 atom stereocenters. The van der Waals surface area contributed by atoms with E-state index in [1.54, 1.807) is 0 Å². The normalized spacial score (nSPS) is 14.8. The summed E-state index contributed by atoms with van der Waals surface area (Å²) >= 11 is 0. The fourth-order valence-electron chi connectivity index (χ4n) is 1.24. The summed E-state index contributed by atoms with van der Waals surface area (Å²) < 4.78 is 10.1. The molecule has 5 heteroatoms. The van der Waals surface area contributed by atoms with E-state index >= 15 is 0 Å². The van der Waals surface area contributed by atoms with Crippen molar-refractivity contribution < 1.29 is 19.3 Å². The van der Waals surface area contributed by atoms with Crippen molar-refractivity contribution in [3.63, 3.8) is 0 Å². The fourth-order valence-corrected chi connectivity index (χ4v) is 2.74. The summed E-state index contributed by atoms with van der Waals surface area (Å²) in [6.07, 6.45) is 1.28. The van der Waals surface area contributed by atoms with Crippen LogP contribution in [-0.2, 0) is 9.47 Å². The van der Waals surface area contributed by atoms with Crippen LogP contribution >= 0.6 is 7.72 Å². The standard InChI is InChI=1S/C7H19O4P/c1-5-6-7(10-2,11-3)12(4,8)9/h8-9,12H,5-6H2,1-4H3. The van der Waals surface area contributed by atoms with Gasteiger partial charge in [-0.25, -0.2) is 0 Å². The predicted molar refractivity (Wildman–Crippen MR) is 50.3 cm³/mol. The van der Waals surface area contributed by atoms with Crippen molar-refractivity contribution >= 4 is 7.72 Å². The summed E-state index contributed by atoms with van der Waals surface area (Å²) in [5.74, 6) is 0. The van der Waals surface area contributed by atoms with Gasteiger partial charge in [0, 0.05) is 0 Å². The third kappa shape index (κ3) is 2.38. The summed E-state index contributed by atoms with van der Waals surface area (Å²) in [6, 6.07) is 0. The summed E-state index contributed by atoms with van der Waals surface area (Å²) in [5.41, 5.74) is -1.18. The molecule has 2 N–H and O–H groups in total. The number of rotatable bonds is 5. The zero-order chi connectivity index (χ0) is 9.83. The Hall–Kier alpha value is 0.270. The first-order chi connectivity index (χ1) is 5.43. The molecule has 0 amide bonds. The molecule has 0 saturated heterocycles. The van der Waals surface area contributed by atoms with Crippen LogP contribution < -0.4 is 0 Å². The first-order valence-electron chi connectivity index (χ1n) is 3.98. The van der Waals surface area contributed by atoms with Crippen molar-refractivity contribution in [2.75, 3.05) is 20.9 Å². The predicted octanol–water partition coefficient (Wildman–Crippen LogP) is 0.927. The SMILES string of the molecule is CCCC(OC)(OC)[PH](C)(O)O. The van der Waals surface area contributed by atoms with Crippen LogP contribution in [0.4, 0.5) is 0 Å². The van der Waals surface area contributed by atoms with Gasteiger partial charge in [-0.1, -0.05) is 0 Å². The van der Waals surface area contributed by atoms with Gasteiger partial charge in [-0.3, -0.25) is 0 Å². The molecule has 0 aliphatic heterocycles. The minimum absolute atomic E-state index is 0.496. The van der Waals surface area contributed by atoms with Crippen LogP contribution in [0.25, 0.3) is 0 Å². The van der Waals surface area contributed by atoms with Gasteiger partial charge in [0.2, 0.25) is 0 Å². The molecule has 0 aromatic rings. The van der Waals surface area contributed by atoms with E-state index in [0.717, 1.165) is 6.42 Å². The fraction of sp³-hybridized carbons (Fsp3) is 1.00. The van der Waals surface area contributed by atoms with Crippen LogP contribution in [0.3, 0.4) is 0 Å². The maximum absolute atomic E-state index is 9.50. The molecule has 0 fully saturated rings. The number of methoxy groups -OCH3 is 2. The topological polar surface area (TPSA) is 58.9 Å². The average Bonchev–Trinajstić information content (AvgIpc) is 1.98. The van der Waals surface area contributed by atoms with Crippen LogP contribution in [0.15, 0.2) is 0 Å². The molecule has 0 bridgehead atoms. The monoisotopic (exact) mass is 198 g/mol. The molecule has 0 aromatic heterocycles. The van der Waals surface area contributed by atoms with Crippen LogP contribution in [0.2, 0.25) is 0 Å². The van der Waals surface area contributed by atoms with Crippen molar-refractivity contribution in [1.29, 1.82) is 0 Å². The first-order valence-corrected chi connectivity index (χ1v) is 6.38. The quantitative estimate of drug-likeness (QED) is 0.509. The van der Waals surface area contributed by atoms with E-state index in [9.17, 15) is 9.79 Å². The Morgan fingerprint density at radius 1 is 1.25 bits per heavy atom. The average molecular weight is 198 g/mol. The Balaban J connectivity index is 4.57. The van der Waals surface area contributed by atoms with Crippen LogP contribution in [-0.4, -0.2) is 36.2 Å². The number of hydrogen-bond donors (Lipinski definition) is 2. The molecule has 0 heterocycles. The molecule has 0 unspecified atom stereocenters. The number of hydrogen-bond acceptors (Lipinski definition) is 4. The van der Waals surface area contributed by atoms with Crippen molar-refractivity contribution in [1.82, 2.24) is 0 Å². The van der Waals surface area contributed by atoms with E-state index in [4.69, 9.17) is 9.47 Å². The molecular weight excluding hydrogens is 179 g/mol. The second-order valence-electron chi connectivity index (χ2n) is 2.93. The van der Waals surface area contributed by atoms with E-state index in [-0.39, 0.29) is 0 Å². The molecular formula is C7H19O4P. The Morgan fingerprint density at radius 3 is 1.75 bits per heavy atom. The van der Waals surface area contributed by atoms with Gasteiger partial charge in [0.25, 0.3) is 0 Å². The van der Waals surface area contributed by atoms with Crippen LogP contribution in [0.5, 0.6) is 0 Å². The Kier molecular flexibility index (Phi) is 4.59. The second kappa shape index (κ2) is 4.49. The van der Waals surface area contributed by atoms with Gasteiger partial charge in [-0.15, -0.1) is 0 Å². The zero-order valence-corrected chi connectivity index (χ0v) is 9.13. The van der Waals surface area contributed by atoms with E-state index in [0.29, 0.717) is 6.42 Å². The molecule has 76 valence electrons. The molecule has 0 rings (SSSR count). The van der Waals surface area contributed by atoms with Crippen LogP contribution in [0, 0.1) is 0 Å². The van der Waals surface area contributed by atoms with Crippen molar-refractivity contribution in [2.24, 2.45) is 0 Å². The van der Waals surface area contributed by atoms with Gasteiger partial charge in [0.1, 0.15) is 0 Å². The Labute approximate surface area is 74.0 Å². The third-order valence-electron chi connectivity index (χ3n) is 1.96. The van der Waals surface area contributed by atoms with Gasteiger partial charge >= 0.3 is 73.2 Å². The van der Waals surface area contributed by atoms with Crippen LogP contribution in [0.1, 0.15) is 19.8 Å².